The first kappa shape index (κ1) is 13.7. The smallest absolute Gasteiger partial charge is 0.471 e. The van der Waals surface area contributed by atoms with Crippen molar-refractivity contribution < 1.29 is 27.9 Å². The number of hydrogen-bond acceptors (Lipinski definition) is 3. The second-order valence-corrected chi connectivity index (χ2v) is 2.84. The SMILES string of the molecule is N[C@@H](CCCNC(=O)C(F)(F)F)C(=O)O. The number of carboxylic acids is 1. The highest BCUT2D eigenvalue weighted by Gasteiger charge is 2.38. The molecular formula is C7H11F3N2O3. The van der Waals surface area contributed by atoms with Crippen LogP contribution in [0, 0.1) is 0 Å². The first-order chi connectivity index (χ1) is 6.75. The van der Waals surface area contributed by atoms with Crippen LogP contribution in [0.25, 0.3) is 0 Å². The third-order valence-electron chi connectivity index (χ3n) is 1.55. The molecule has 0 bridgehead atoms. The number of carboxylic acid groups (broad SMARTS) is 1. The number of nitrogens with two attached hydrogens (primary N) is 1. The van der Waals surface area contributed by atoms with E-state index in [0.717, 1.165) is 0 Å². The number of nitrogens with one attached hydrogen (secondary N) is 1. The molecule has 0 aromatic rings. The Morgan fingerprint density at radius 3 is 2.33 bits per heavy atom. The van der Waals surface area contributed by atoms with Crippen LogP contribution in [-0.2, 0) is 9.59 Å². The topological polar surface area (TPSA) is 92.4 Å². The number of halogens is 3. The zero-order chi connectivity index (χ0) is 12.1. The number of carbonyl (C=O) groups excluding carboxylic acids is 1. The fraction of sp³-hybridized carbons (Fsp3) is 0.714. The molecule has 1 amide bonds. The Labute approximate surface area is 83.4 Å². The summed E-state index contributed by atoms with van der Waals surface area (Å²) in [5.74, 6) is -3.26. The van der Waals surface area contributed by atoms with Crippen LogP contribution in [-0.4, -0.2) is 35.7 Å². The molecule has 0 aromatic carbocycles. The van der Waals surface area contributed by atoms with Crippen molar-refractivity contribution in [2.24, 2.45) is 5.73 Å². The molecule has 0 saturated carbocycles. The summed E-state index contributed by atoms with van der Waals surface area (Å²) in [4.78, 5) is 20.5. The highest BCUT2D eigenvalue weighted by atomic mass is 19.4. The molecule has 0 aliphatic carbocycles. The Morgan fingerprint density at radius 1 is 1.40 bits per heavy atom. The van der Waals surface area contributed by atoms with Crippen LogP contribution in [0.4, 0.5) is 13.2 Å². The molecule has 4 N–H and O–H groups in total. The molecule has 15 heavy (non-hydrogen) atoms. The van der Waals surface area contributed by atoms with Crippen LogP contribution in [0.15, 0.2) is 0 Å². The van der Waals surface area contributed by atoms with Gasteiger partial charge in [-0.2, -0.15) is 13.2 Å². The van der Waals surface area contributed by atoms with Gasteiger partial charge in [-0.15, -0.1) is 0 Å². The van der Waals surface area contributed by atoms with E-state index in [1.807, 2.05) is 0 Å². The lowest BCUT2D eigenvalue weighted by Crippen LogP contribution is -2.38. The van der Waals surface area contributed by atoms with Gasteiger partial charge in [-0.05, 0) is 12.8 Å². The van der Waals surface area contributed by atoms with Crippen molar-refractivity contribution in [2.45, 2.75) is 25.1 Å². The first-order valence-electron chi connectivity index (χ1n) is 4.08. The molecule has 5 nitrogen and oxygen atoms in total. The highest BCUT2D eigenvalue weighted by Crippen LogP contribution is 2.13. The molecule has 0 fully saturated rings. The lowest BCUT2D eigenvalue weighted by atomic mass is 10.2. The summed E-state index contributed by atoms with van der Waals surface area (Å²) in [5, 5.41) is 9.93. The van der Waals surface area contributed by atoms with Crippen molar-refractivity contribution in [1.82, 2.24) is 5.32 Å². The second-order valence-electron chi connectivity index (χ2n) is 2.84. The van der Waals surface area contributed by atoms with Gasteiger partial charge in [-0.25, -0.2) is 0 Å². The fourth-order valence-corrected chi connectivity index (χ4v) is 0.748. The molecule has 0 aromatic heterocycles. The maximum atomic E-state index is 11.6. The van der Waals surface area contributed by atoms with Gasteiger partial charge in [0.25, 0.3) is 0 Å². The molecule has 0 aliphatic heterocycles. The van der Waals surface area contributed by atoms with E-state index in [1.165, 1.54) is 0 Å². The minimum absolute atomic E-state index is 0.00741. The molecule has 1 atom stereocenters. The van der Waals surface area contributed by atoms with Gasteiger partial charge in [-0.3, -0.25) is 9.59 Å². The van der Waals surface area contributed by atoms with Gasteiger partial charge in [0.05, 0.1) is 0 Å². The Kier molecular flexibility index (Phi) is 5.06. The third kappa shape index (κ3) is 5.89. The molecular weight excluding hydrogens is 217 g/mol. The molecule has 0 spiro atoms. The third-order valence-corrected chi connectivity index (χ3v) is 1.55. The lowest BCUT2D eigenvalue weighted by Gasteiger charge is -2.08. The Morgan fingerprint density at radius 2 is 1.93 bits per heavy atom. The van der Waals surface area contributed by atoms with Gasteiger partial charge in [0.2, 0.25) is 0 Å². The molecule has 8 heteroatoms. The predicted octanol–water partition coefficient (Wildman–Crippen LogP) is -0.143. The Hall–Kier alpha value is -1.31. The van der Waals surface area contributed by atoms with Gasteiger partial charge in [-0.1, -0.05) is 0 Å². The van der Waals surface area contributed by atoms with Gasteiger partial charge in [0.1, 0.15) is 6.04 Å². The van der Waals surface area contributed by atoms with Gasteiger partial charge in [0, 0.05) is 6.54 Å². The standard InChI is InChI=1S/C7H11F3N2O3/c8-7(9,10)6(15)12-3-1-2-4(11)5(13)14/h4H,1-3,11H2,(H,12,15)(H,13,14)/t4-/m0/s1. The normalized spacial score (nSPS) is 13.3. The summed E-state index contributed by atoms with van der Waals surface area (Å²) >= 11 is 0. The summed E-state index contributed by atoms with van der Waals surface area (Å²) in [6, 6.07) is -1.12. The molecule has 0 radical (unpaired) electrons. The largest absolute Gasteiger partial charge is 0.480 e. The summed E-state index contributed by atoms with van der Waals surface area (Å²) in [5.41, 5.74) is 5.08. The monoisotopic (exact) mass is 228 g/mol. The quantitative estimate of drug-likeness (QED) is 0.571. The van der Waals surface area contributed by atoms with E-state index in [-0.39, 0.29) is 19.4 Å². The summed E-state index contributed by atoms with van der Waals surface area (Å²) in [6.07, 6.45) is -4.82. The highest BCUT2D eigenvalue weighted by molar-refractivity contribution is 5.81. The minimum Gasteiger partial charge on any atom is -0.480 e. The summed E-state index contributed by atoms with van der Waals surface area (Å²) < 4.78 is 34.9. The zero-order valence-electron chi connectivity index (χ0n) is 7.67. The van der Waals surface area contributed by atoms with Crippen molar-refractivity contribution >= 4 is 11.9 Å². The van der Waals surface area contributed by atoms with Crippen LogP contribution in [0.1, 0.15) is 12.8 Å². The fourth-order valence-electron chi connectivity index (χ4n) is 0.748. The van der Waals surface area contributed by atoms with E-state index in [1.54, 1.807) is 5.32 Å². The van der Waals surface area contributed by atoms with E-state index in [4.69, 9.17) is 10.8 Å². The lowest BCUT2D eigenvalue weighted by molar-refractivity contribution is -0.173. The number of rotatable bonds is 5. The molecule has 0 saturated heterocycles. The van der Waals surface area contributed by atoms with Crippen LogP contribution in [0.2, 0.25) is 0 Å². The van der Waals surface area contributed by atoms with Gasteiger partial charge < -0.3 is 16.2 Å². The Balaban J connectivity index is 3.64. The second kappa shape index (κ2) is 5.54. The average molecular weight is 228 g/mol. The van der Waals surface area contributed by atoms with E-state index < -0.39 is 24.1 Å². The van der Waals surface area contributed by atoms with Crippen LogP contribution in [0.3, 0.4) is 0 Å². The van der Waals surface area contributed by atoms with Gasteiger partial charge >= 0.3 is 18.1 Å². The van der Waals surface area contributed by atoms with Crippen LogP contribution >= 0.6 is 0 Å². The average Bonchev–Trinajstić information content (AvgIpc) is 2.09. The van der Waals surface area contributed by atoms with Gasteiger partial charge in [0.15, 0.2) is 0 Å². The first-order valence-corrected chi connectivity index (χ1v) is 4.08. The number of amides is 1. The molecule has 0 unspecified atom stereocenters. The van der Waals surface area contributed by atoms with E-state index >= 15 is 0 Å². The molecule has 0 aliphatic rings. The Bertz CT molecular complexity index is 242. The van der Waals surface area contributed by atoms with Crippen molar-refractivity contribution in [2.75, 3.05) is 6.54 Å². The summed E-state index contributed by atoms with van der Waals surface area (Å²) in [7, 11) is 0. The van der Waals surface area contributed by atoms with E-state index in [0.29, 0.717) is 0 Å². The van der Waals surface area contributed by atoms with E-state index in [2.05, 4.69) is 0 Å². The van der Waals surface area contributed by atoms with Crippen molar-refractivity contribution in [3.05, 3.63) is 0 Å². The molecule has 0 heterocycles. The maximum absolute atomic E-state index is 11.6. The predicted molar refractivity (Wildman–Crippen MR) is 43.9 cm³/mol. The number of alkyl halides is 3. The minimum atomic E-state index is -4.91. The molecule has 88 valence electrons. The molecule has 0 rings (SSSR count). The maximum Gasteiger partial charge on any atom is 0.471 e. The zero-order valence-corrected chi connectivity index (χ0v) is 7.67. The number of hydrogen-bond donors (Lipinski definition) is 3. The number of carbonyl (C=O) groups is 2. The van der Waals surface area contributed by atoms with Crippen LogP contribution < -0.4 is 11.1 Å². The van der Waals surface area contributed by atoms with E-state index in [9.17, 15) is 22.8 Å². The van der Waals surface area contributed by atoms with Crippen LogP contribution in [0.5, 0.6) is 0 Å². The van der Waals surface area contributed by atoms with Crippen molar-refractivity contribution in [3.63, 3.8) is 0 Å². The summed E-state index contributed by atoms with van der Waals surface area (Å²) in [6.45, 7) is -0.251. The number of aliphatic carboxylic acids is 1. The van der Waals surface area contributed by atoms with Crippen molar-refractivity contribution in [1.29, 1.82) is 0 Å². The van der Waals surface area contributed by atoms with Crippen molar-refractivity contribution in [3.8, 4) is 0 Å².